The van der Waals surface area contributed by atoms with Crippen LogP contribution in [-0.2, 0) is 0 Å². The Hall–Kier alpha value is -3.12. The Morgan fingerprint density at radius 3 is 2.82 bits per heavy atom. The number of rotatable bonds is 5. The van der Waals surface area contributed by atoms with E-state index in [9.17, 15) is 5.11 Å². The standard InChI is InChI=1S/C22H17BrN2O3/c1-2-27-20-9-5-6-14(21(20)26)13-24-15-10-11-19-18(12-15)25-22(28-19)16-7-3-4-8-17(16)23/h3-13,26H,2H2,1H3. The topological polar surface area (TPSA) is 67.9 Å². The molecule has 0 spiro atoms. The molecule has 28 heavy (non-hydrogen) atoms. The van der Waals surface area contributed by atoms with Crippen LogP contribution in [0.1, 0.15) is 12.5 Å². The highest BCUT2D eigenvalue weighted by atomic mass is 79.9. The van der Waals surface area contributed by atoms with Gasteiger partial charge in [-0.3, -0.25) is 4.99 Å². The van der Waals surface area contributed by atoms with Gasteiger partial charge in [0.25, 0.3) is 0 Å². The SMILES string of the molecule is CCOc1cccc(C=Nc2ccc3oc(-c4ccccc4Br)nc3c2)c1O. The first-order valence-corrected chi connectivity index (χ1v) is 9.59. The van der Waals surface area contributed by atoms with Gasteiger partial charge in [0.05, 0.1) is 17.9 Å². The molecule has 0 aliphatic heterocycles. The molecule has 0 atom stereocenters. The maximum absolute atomic E-state index is 10.3. The molecule has 0 saturated carbocycles. The van der Waals surface area contributed by atoms with Gasteiger partial charge in [-0.1, -0.05) is 18.2 Å². The summed E-state index contributed by atoms with van der Waals surface area (Å²) in [6, 6.07) is 18.6. The lowest BCUT2D eigenvalue weighted by Gasteiger charge is -2.07. The van der Waals surface area contributed by atoms with Crippen molar-refractivity contribution in [3.63, 3.8) is 0 Å². The molecular weight excluding hydrogens is 420 g/mol. The van der Waals surface area contributed by atoms with E-state index in [0.29, 0.717) is 40.6 Å². The highest BCUT2D eigenvalue weighted by Gasteiger charge is 2.11. The highest BCUT2D eigenvalue weighted by molar-refractivity contribution is 9.10. The van der Waals surface area contributed by atoms with Crippen LogP contribution < -0.4 is 4.74 Å². The van der Waals surface area contributed by atoms with Crippen molar-refractivity contribution in [3.8, 4) is 23.0 Å². The normalized spacial score (nSPS) is 11.4. The Labute approximate surface area is 170 Å². The number of phenolic OH excluding ortho intramolecular Hbond substituents is 1. The summed E-state index contributed by atoms with van der Waals surface area (Å²) < 4.78 is 12.2. The van der Waals surface area contributed by atoms with E-state index in [-0.39, 0.29) is 5.75 Å². The zero-order chi connectivity index (χ0) is 19.5. The molecule has 0 saturated heterocycles. The van der Waals surface area contributed by atoms with Gasteiger partial charge in [-0.2, -0.15) is 0 Å². The third-order valence-corrected chi connectivity index (χ3v) is 4.85. The van der Waals surface area contributed by atoms with E-state index >= 15 is 0 Å². The van der Waals surface area contributed by atoms with Crippen LogP contribution in [0.15, 0.2) is 74.5 Å². The predicted molar refractivity (Wildman–Crippen MR) is 114 cm³/mol. The molecule has 3 aromatic carbocycles. The summed E-state index contributed by atoms with van der Waals surface area (Å²) in [5.74, 6) is 1.06. The quantitative estimate of drug-likeness (QED) is 0.383. The number of para-hydroxylation sites is 1. The Balaban J connectivity index is 1.65. The smallest absolute Gasteiger partial charge is 0.228 e. The minimum absolute atomic E-state index is 0.0758. The number of hydrogen-bond acceptors (Lipinski definition) is 5. The van der Waals surface area contributed by atoms with Gasteiger partial charge in [0, 0.05) is 16.3 Å². The summed E-state index contributed by atoms with van der Waals surface area (Å²) in [7, 11) is 0. The molecule has 0 radical (unpaired) electrons. The van der Waals surface area contributed by atoms with Crippen LogP contribution in [-0.4, -0.2) is 22.9 Å². The fourth-order valence-electron chi connectivity index (χ4n) is 2.81. The van der Waals surface area contributed by atoms with Gasteiger partial charge in [0.15, 0.2) is 17.1 Å². The molecule has 4 rings (SSSR count). The van der Waals surface area contributed by atoms with Crippen LogP contribution in [0.2, 0.25) is 0 Å². The number of halogens is 1. The number of fused-ring (bicyclic) bond motifs is 1. The van der Waals surface area contributed by atoms with Crippen molar-refractivity contribution in [1.82, 2.24) is 4.98 Å². The first-order chi connectivity index (χ1) is 13.7. The number of phenols is 1. The second kappa shape index (κ2) is 7.86. The first-order valence-electron chi connectivity index (χ1n) is 8.80. The van der Waals surface area contributed by atoms with Crippen molar-refractivity contribution in [2.45, 2.75) is 6.92 Å². The number of benzene rings is 3. The molecule has 0 bridgehead atoms. The molecule has 0 unspecified atom stereocenters. The van der Waals surface area contributed by atoms with Crippen LogP contribution in [0, 0.1) is 0 Å². The van der Waals surface area contributed by atoms with E-state index in [1.807, 2.05) is 55.5 Å². The number of hydrogen-bond donors (Lipinski definition) is 1. The Bertz CT molecular complexity index is 1170. The lowest BCUT2D eigenvalue weighted by Crippen LogP contribution is -1.93. The van der Waals surface area contributed by atoms with Crippen molar-refractivity contribution < 1.29 is 14.3 Å². The minimum Gasteiger partial charge on any atom is -0.504 e. The molecule has 0 aliphatic carbocycles. The highest BCUT2D eigenvalue weighted by Crippen LogP contribution is 2.32. The predicted octanol–water partition coefficient (Wildman–Crippen LogP) is 6.11. The molecular formula is C22H17BrN2O3. The van der Waals surface area contributed by atoms with E-state index in [4.69, 9.17) is 9.15 Å². The molecule has 0 fully saturated rings. The van der Waals surface area contributed by atoms with Crippen molar-refractivity contribution in [3.05, 3.63) is 70.7 Å². The molecule has 1 aromatic heterocycles. The van der Waals surface area contributed by atoms with Crippen LogP contribution in [0.25, 0.3) is 22.6 Å². The van der Waals surface area contributed by atoms with E-state index in [2.05, 4.69) is 25.9 Å². The van der Waals surface area contributed by atoms with Gasteiger partial charge in [0.2, 0.25) is 5.89 Å². The van der Waals surface area contributed by atoms with Crippen molar-refractivity contribution in [2.75, 3.05) is 6.61 Å². The maximum Gasteiger partial charge on any atom is 0.228 e. The van der Waals surface area contributed by atoms with Crippen molar-refractivity contribution in [1.29, 1.82) is 0 Å². The lowest BCUT2D eigenvalue weighted by atomic mass is 10.2. The zero-order valence-corrected chi connectivity index (χ0v) is 16.7. The summed E-state index contributed by atoms with van der Waals surface area (Å²) in [5.41, 5.74) is 3.58. The van der Waals surface area contributed by atoms with Gasteiger partial charge < -0.3 is 14.3 Å². The maximum atomic E-state index is 10.3. The Morgan fingerprint density at radius 2 is 2.00 bits per heavy atom. The summed E-state index contributed by atoms with van der Waals surface area (Å²) in [6.07, 6.45) is 1.60. The summed E-state index contributed by atoms with van der Waals surface area (Å²) in [5, 5.41) is 10.3. The third kappa shape index (κ3) is 3.64. The summed E-state index contributed by atoms with van der Waals surface area (Å²) >= 11 is 3.52. The summed E-state index contributed by atoms with van der Waals surface area (Å²) in [6.45, 7) is 2.35. The number of ether oxygens (including phenoxy) is 1. The van der Waals surface area contributed by atoms with Gasteiger partial charge in [-0.05, 0) is 65.3 Å². The molecule has 4 aromatic rings. The number of aromatic hydroxyl groups is 1. The number of aromatic nitrogens is 1. The third-order valence-electron chi connectivity index (χ3n) is 4.16. The van der Waals surface area contributed by atoms with Gasteiger partial charge in [-0.15, -0.1) is 0 Å². The van der Waals surface area contributed by atoms with E-state index in [1.54, 1.807) is 18.3 Å². The fourth-order valence-corrected chi connectivity index (χ4v) is 3.26. The van der Waals surface area contributed by atoms with E-state index < -0.39 is 0 Å². The van der Waals surface area contributed by atoms with Crippen molar-refractivity contribution in [2.24, 2.45) is 4.99 Å². The lowest BCUT2D eigenvalue weighted by molar-refractivity contribution is 0.318. The molecule has 1 heterocycles. The molecule has 6 heteroatoms. The second-order valence-electron chi connectivity index (χ2n) is 6.04. The number of oxazole rings is 1. The molecule has 5 nitrogen and oxygen atoms in total. The fraction of sp³-hybridized carbons (Fsp3) is 0.0909. The van der Waals surface area contributed by atoms with Crippen LogP contribution in [0.4, 0.5) is 5.69 Å². The number of aliphatic imine (C=N–C) groups is 1. The summed E-state index contributed by atoms with van der Waals surface area (Å²) in [4.78, 5) is 9.03. The largest absolute Gasteiger partial charge is 0.504 e. The van der Waals surface area contributed by atoms with Crippen LogP contribution in [0.3, 0.4) is 0 Å². The van der Waals surface area contributed by atoms with Gasteiger partial charge in [-0.25, -0.2) is 4.98 Å². The van der Waals surface area contributed by atoms with E-state index in [0.717, 1.165) is 10.0 Å². The zero-order valence-electron chi connectivity index (χ0n) is 15.1. The minimum atomic E-state index is 0.0758. The molecule has 0 aliphatic rings. The Morgan fingerprint density at radius 1 is 1.14 bits per heavy atom. The van der Waals surface area contributed by atoms with Crippen molar-refractivity contribution >= 4 is 38.9 Å². The van der Waals surface area contributed by atoms with E-state index in [1.165, 1.54) is 0 Å². The molecule has 1 N–H and O–H groups in total. The number of nitrogens with zero attached hydrogens (tertiary/aromatic N) is 2. The van der Waals surface area contributed by atoms with Crippen LogP contribution >= 0.6 is 15.9 Å². The van der Waals surface area contributed by atoms with Gasteiger partial charge in [0.1, 0.15) is 5.52 Å². The first kappa shape index (κ1) is 18.3. The van der Waals surface area contributed by atoms with Crippen LogP contribution in [0.5, 0.6) is 11.5 Å². The second-order valence-corrected chi connectivity index (χ2v) is 6.89. The average Bonchev–Trinajstić information content (AvgIpc) is 3.12. The monoisotopic (exact) mass is 436 g/mol. The Kier molecular flexibility index (Phi) is 5.12. The molecule has 140 valence electrons. The average molecular weight is 437 g/mol. The van der Waals surface area contributed by atoms with Gasteiger partial charge >= 0.3 is 0 Å². The molecule has 0 amide bonds.